The molecule has 2 aliphatic rings. The van der Waals surface area contributed by atoms with Gasteiger partial charge in [0.15, 0.2) is 0 Å². The van der Waals surface area contributed by atoms with Crippen LogP contribution in [-0.2, 0) is 17.8 Å². The Morgan fingerprint density at radius 1 is 1.25 bits per heavy atom. The molecule has 1 amide bonds. The number of carbonyl (C=O) groups excluding carboxylic acids is 1. The van der Waals surface area contributed by atoms with Crippen molar-refractivity contribution in [1.29, 1.82) is 0 Å². The van der Waals surface area contributed by atoms with Gasteiger partial charge < -0.3 is 14.6 Å². The highest BCUT2D eigenvalue weighted by molar-refractivity contribution is 5.94. The molecule has 0 saturated heterocycles. The zero-order valence-electron chi connectivity index (χ0n) is 14.5. The fourth-order valence-electron chi connectivity index (χ4n) is 4.02. The summed E-state index contributed by atoms with van der Waals surface area (Å²) in [5.41, 5.74) is 4.52. The molecule has 5 heteroatoms. The average Bonchev–Trinajstić information content (AvgIpc) is 2.95. The molecular weight excluding hydrogens is 302 g/mol. The van der Waals surface area contributed by atoms with Crippen LogP contribution in [0.3, 0.4) is 0 Å². The molecule has 0 radical (unpaired) electrons. The van der Waals surface area contributed by atoms with Crippen LogP contribution < -0.4 is 10.1 Å². The maximum absolute atomic E-state index is 12.3. The highest BCUT2D eigenvalue weighted by atomic mass is 16.5. The lowest BCUT2D eigenvalue weighted by atomic mass is 9.85. The van der Waals surface area contributed by atoms with E-state index in [4.69, 9.17) is 9.72 Å². The van der Waals surface area contributed by atoms with Gasteiger partial charge in [-0.2, -0.15) is 0 Å². The summed E-state index contributed by atoms with van der Waals surface area (Å²) < 4.78 is 7.63. The molecular formula is C19H23N3O2. The van der Waals surface area contributed by atoms with Crippen LogP contribution in [0.5, 0.6) is 5.75 Å². The smallest absolute Gasteiger partial charge is 0.226 e. The molecule has 0 saturated carbocycles. The van der Waals surface area contributed by atoms with Crippen molar-refractivity contribution in [3.05, 3.63) is 40.3 Å². The third-order valence-corrected chi connectivity index (χ3v) is 5.46. The Morgan fingerprint density at radius 3 is 2.88 bits per heavy atom. The first-order valence-corrected chi connectivity index (χ1v) is 8.63. The van der Waals surface area contributed by atoms with Gasteiger partial charge in [0.25, 0.3) is 0 Å². The van der Waals surface area contributed by atoms with E-state index in [2.05, 4.69) is 29.8 Å². The minimum absolute atomic E-state index is 0.0245. The molecule has 1 atom stereocenters. The number of ether oxygens (including phenoxy) is 1. The highest BCUT2D eigenvalue weighted by Crippen LogP contribution is 2.41. The van der Waals surface area contributed by atoms with Gasteiger partial charge in [0, 0.05) is 25.3 Å². The van der Waals surface area contributed by atoms with Gasteiger partial charge >= 0.3 is 0 Å². The number of imidazole rings is 1. The summed E-state index contributed by atoms with van der Waals surface area (Å²) in [5, 5.41) is 3.06. The number of methoxy groups -OCH3 is 1. The minimum atomic E-state index is 0.0245. The van der Waals surface area contributed by atoms with Crippen molar-refractivity contribution in [3.63, 3.8) is 0 Å². The lowest BCUT2D eigenvalue weighted by Crippen LogP contribution is -2.26. The minimum Gasteiger partial charge on any atom is -0.496 e. The van der Waals surface area contributed by atoms with Gasteiger partial charge in [-0.15, -0.1) is 0 Å². The highest BCUT2D eigenvalue weighted by Gasteiger charge is 2.34. The van der Waals surface area contributed by atoms with Gasteiger partial charge in [0.05, 0.1) is 12.8 Å². The van der Waals surface area contributed by atoms with E-state index in [-0.39, 0.29) is 11.8 Å². The standard InChI is InChI=1S/C19H23N3O2/c1-11-12(2)15(24-3)8-7-13(11)14-10-17(23)21-19-18(14)20-16-6-4-5-9-22(16)19/h7-8,14H,4-6,9-10H2,1-3H3,(H,21,23)/t14-/m0/s1. The van der Waals surface area contributed by atoms with E-state index in [1.807, 2.05) is 6.07 Å². The first-order chi connectivity index (χ1) is 11.6. The fourth-order valence-corrected chi connectivity index (χ4v) is 4.02. The summed E-state index contributed by atoms with van der Waals surface area (Å²) in [4.78, 5) is 17.2. The van der Waals surface area contributed by atoms with Gasteiger partial charge in [-0.3, -0.25) is 4.79 Å². The Morgan fingerprint density at radius 2 is 2.08 bits per heavy atom. The Kier molecular flexibility index (Phi) is 3.59. The predicted octanol–water partition coefficient (Wildman–Crippen LogP) is 3.32. The Bertz CT molecular complexity index is 823. The summed E-state index contributed by atoms with van der Waals surface area (Å²) in [7, 11) is 1.69. The number of aryl methyl sites for hydroxylation is 1. The van der Waals surface area contributed by atoms with Crippen LogP contribution in [0.25, 0.3) is 0 Å². The summed E-state index contributed by atoms with van der Waals surface area (Å²) in [6.45, 7) is 5.13. The number of carbonyl (C=O) groups is 1. The number of hydrogen-bond acceptors (Lipinski definition) is 3. The number of amides is 1. The normalized spacial score (nSPS) is 19.5. The number of anilines is 1. The topological polar surface area (TPSA) is 56.1 Å². The van der Waals surface area contributed by atoms with Crippen LogP contribution in [0.2, 0.25) is 0 Å². The third kappa shape index (κ3) is 2.22. The maximum Gasteiger partial charge on any atom is 0.226 e. The van der Waals surface area contributed by atoms with Crippen molar-refractivity contribution in [2.24, 2.45) is 0 Å². The van der Waals surface area contributed by atoms with Gasteiger partial charge in [0.2, 0.25) is 5.91 Å². The van der Waals surface area contributed by atoms with Crippen molar-refractivity contribution in [3.8, 4) is 5.75 Å². The van der Waals surface area contributed by atoms with Gasteiger partial charge in [-0.05, 0) is 49.4 Å². The van der Waals surface area contributed by atoms with Crippen LogP contribution in [0.15, 0.2) is 12.1 Å². The second-order valence-corrected chi connectivity index (χ2v) is 6.78. The number of aromatic nitrogens is 2. The quantitative estimate of drug-likeness (QED) is 0.921. The Labute approximate surface area is 142 Å². The molecule has 0 spiro atoms. The summed E-state index contributed by atoms with van der Waals surface area (Å²) in [5.74, 6) is 3.02. The monoisotopic (exact) mass is 325 g/mol. The van der Waals surface area contributed by atoms with Gasteiger partial charge in [-0.25, -0.2) is 4.98 Å². The van der Waals surface area contributed by atoms with E-state index in [1.165, 1.54) is 17.5 Å². The van der Waals surface area contributed by atoms with Crippen molar-refractivity contribution in [2.75, 3.05) is 12.4 Å². The third-order valence-electron chi connectivity index (χ3n) is 5.46. The first kappa shape index (κ1) is 15.2. The van der Waals surface area contributed by atoms with E-state index < -0.39 is 0 Å². The Hall–Kier alpha value is -2.30. The number of nitrogens with zero attached hydrogens (tertiary/aromatic N) is 2. The summed E-state index contributed by atoms with van der Waals surface area (Å²) in [6, 6.07) is 4.09. The maximum atomic E-state index is 12.3. The van der Waals surface area contributed by atoms with E-state index in [0.29, 0.717) is 6.42 Å². The molecule has 0 unspecified atom stereocenters. The van der Waals surface area contributed by atoms with Crippen LogP contribution in [0.4, 0.5) is 5.82 Å². The number of hydrogen-bond donors (Lipinski definition) is 1. The lowest BCUT2D eigenvalue weighted by molar-refractivity contribution is -0.116. The summed E-state index contributed by atoms with van der Waals surface area (Å²) >= 11 is 0. The molecule has 0 bridgehead atoms. The second-order valence-electron chi connectivity index (χ2n) is 6.78. The average molecular weight is 325 g/mol. The van der Waals surface area contributed by atoms with Crippen molar-refractivity contribution >= 4 is 11.7 Å². The molecule has 1 aromatic heterocycles. The number of benzene rings is 1. The molecule has 1 aromatic carbocycles. The number of rotatable bonds is 2. The zero-order valence-corrected chi connectivity index (χ0v) is 14.5. The SMILES string of the molecule is COc1ccc([C@@H]2CC(=O)Nc3c2nc2n3CCCC2)c(C)c1C. The molecule has 1 N–H and O–H groups in total. The van der Waals surface area contributed by atoms with Crippen LogP contribution >= 0.6 is 0 Å². The van der Waals surface area contributed by atoms with Crippen LogP contribution in [0.1, 0.15) is 53.4 Å². The zero-order chi connectivity index (χ0) is 16.8. The Balaban J connectivity index is 1.85. The van der Waals surface area contributed by atoms with Crippen molar-refractivity contribution in [2.45, 2.75) is 52.0 Å². The van der Waals surface area contributed by atoms with E-state index in [0.717, 1.165) is 48.0 Å². The number of fused-ring (bicyclic) bond motifs is 3. The predicted molar refractivity (Wildman–Crippen MR) is 92.7 cm³/mol. The van der Waals surface area contributed by atoms with E-state index in [1.54, 1.807) is 7.11 Å². The fraction of sp³-hybridized carbons (Fsp3) is 0.474. The largest absolute Gasteiger partial charge is 0.496 e. The second kappa shape index (κ2) is 5.65. The van der Waals surface area contributed by atoms with Gasteiger partial charge in [-0.1, -0.05) is 6.07 Å². The molecule has 126 valence electrons. The summed E-state index contributed by atoms with van der Waals surface area (Å²) in [6.07, 6.45) is 3.78. The van der Waals surface area contributed by atoms with Crippen molar-refractivity contribution in [1.82, 2.24) is 9.55 Å². The van der Waals surface area contributed by atoms with E-state index >= 15 is 0 Å². The van der Waals surface area contributed by atoms with Crippen LogP contribution in [-0.4, -0.2) is 22.6 Å². The molecule has 2 aromatic rings. The molecule has 5 nitrogen and oxygen atoms in total. The number of nitrogens with one attached hydrogen (secondary N) is 1. The van der Waals surface area contributed by atoms with Gasteiger partial charge in [0.1, 0.15) is 17.4 Å². The molecule has 2 aliphatic heterocycles. The molecule has 3 heterocycles. The van der Waals surface area contributed by atoms with Crippen LogP contribution in [0, 0.1) is 13.8 Å². The molecule has 24 heavy (non-hydrogen) atoms. The van der Waals surface area contributed by atoms with E-state index in [9.17, 15) is 4.79 Å². The van der Waals surface area contributed by atoms with Crippen molar-refractivity contribution < 1.29 is 9.53 Å². The first-order valence-electron chi connectivity index (χ1n) is 8.63. The molecule has 0 fully saturated rings. The lowest BCUT2D eigenvalue weighted by Gasteiger charge is -2.26. The molecule has 0 aliphatic carbocycles. The molecule has 4 rings (SSSR count).